The van der Waals surface area contributed by atoms with Gasteiger partial charge in [-0.25, -0.2) is 0 Å². The summed E-state index contributed by atoms with van der Waals surface area (Å²) in [6.07, 6.45) is 0.732. The Labute approximate surface area is 94.5 Å². The topological polar surface area (TPSA) is 73.1 Å². The van der Waals surface area contributed by atoms with E-state index in [1.807, 2.05) is 13.0 Å². The normalized spacial score (nSPS) is 9.56. The highest BCUT2D eigenvalue weighted by Gasteiger charge is 2.05. The Morgan fingerprint density at radius 3 is 2.94 bits per heavy atom. The molecule has 4 nitrogen and oxygen atoms in total. The second kappa shape index (κ2) is 5.89. The average molecular weight is 218 g/mol. The Morgan fingerprint density at radius 1 is 1.56 bits per heavy atom. The number of rotatable bonds is 4. The molecule has 0 fully saturated rings. The lowest BCUT2D eigenvalue weighted by Crippen LogP contribution is -2.12. The molecule has 84 valence electrons. The first kappa shape index (κ1) is 12.2. The van der Waals surface area contributed by atoms with Crippen molar-refractivity contribution < 1.29 is 9.90 Å². The number of anilines is 1. The van der Waals surface area contributed by atoms with Crippen LogP contribution < -0.4 is 5.32 Å². The smallest absolute Gasteiger partial charge is 0.224 e. The monoisotopic (exact) mass is 218 g/mol. The molecule has 0 saturated heterocycles. The van der Waals surface area contributed by atoms with E-state index in [1.165, 1.54) is 0 Å². The number of nitrogens with zero attached hydrogens (tertiary/aromatic N) is 1. The van der Waals surface area contributed by atoms with Gasteiger partial charge in [-0.05, 0) is 31.0 Å². The molecule has 1 aromatic carbocycles. The SMILES string of the molecule is Cc1ccc(C#N)cc1NC(=O)CCCO. The number of benzene rings is 1. The molecule has 0 aliphatic heterocycles. The van der Waals surface area contributed by atoms with Crippen molar-refractivity contribution in [3.63, 3.8) is 0 Å². The number of nitrogens with one attached hydrogen (secondary N) is 1. The van der Waals surface area contributed by atoms with Gasteiger partial charge in [0, 0.05) is 18.7 Å². The number of hydrogen-bond acceptors (Lipinski definition) is 3. The van der Waals surface area contributed by atoms with E-state index >= 15 is 0 Å². The third-order valence-corrected chi connectivity index (χ3v) is 2.20. The molecule has 1 aromatic rings. The summed E-state index contributed by atoms with van der Waals surface area (Å²) in [5.74, 6) is -0.146. The van der Waals surface area contributed by atoms with Crippen LogP contribution >= 0.6 is 0 Å². The number of hydrogen-bond donors (Lipinski definition) is 2. The third-order valence-electron chi connectivity index (χ3n) is 2.20. The van der Waals surface area contributed by atoms with Gasteiger partial charge < -0.3 is 10.4 Å². The van der Waals surface area contributed by atoms with Crippen LogP contribution in [-0.4, -0.2) is 17.6 Å². The molecule has 0 saturated carbocycles. The summed E-state index contributed by atoms with van der Waals surface area (Å²) in [6.45, 7) is 1.87. The zero-order valence-electron chi connectivity index (χ0n) is 9.16. The number of carbonyl (C=O) groups excluding carboxylic acids is 1. The van der Waals surface area contributed by atoms with Crippen LogP contribution in [0.1, 0.15) is 24.0 Å². The maximum Gasteiger partial charge on any atom is 0.224 e. The van der Waals surface area contributed by atoms with Crippen molar-refractivity contribution in [2.45, 2.75) is 19.8 Å². The van der Waals surface area contributed by atoms with Crippen molar-refractivity contribution in [1.82, 2.24) is 0 Å². The number of nitriles is 1. The highest BCUT2D eigenvalue weighted by Crippen LogP contribution is 2.16. The van der Waals surface area contributed by atoms with Gasteiger partial charge >= 0.3 is 0 Å². The van der Waals surface area contributed by atoms with Crippen molar-refractivity contribution in [3.05, 3.63) is 29.3 Å². The molecule has 1 rings (SSSR count). The van der Waals surface area contributed by atoms with Crippen molar-refractivity contribution in [2.24, 2.45) is 0 Å². The van der Waals surface area contributed by atoms with E-state index in [0.717, 1.165) is 5.56 Å². The molecule has 4 heteroatoms. The number of carbonyl (C=O) groups is 1. The molecule has 0 heterocycles. The van der Waals surface area contributed by atoms with Gasteiger partial charge in [-0.1, -0.05) is 6.07 Å². The summed E-state index contributed by atoms with van der Waals surface area (Å²) in [7, 11) is 0. The minimum absolute atomic E-state index is 0.00460. The largest absolute Gasteiger partial charge is 0.396 e. The second-order valence-corrected chi connectivity index (χ2v) is 3.52. The van der Waals surface area contributed by atoms with Gasteiger partial charge in [-0.3, -0.25) is 4.79 Å². The quantitative estimate of drug-likeness (QED) is 0.805. The van der Waals surface area contributed by atoms with E-state index in [1.54, 1.807) is 18.2 Å². The van der Waals surface area contributed by atoms with Crippen LogP contribution in [0.3, 0.4) is 0 Å². The van der Waals surface area contributed by atoms with E-state index in [4.69, 9.17) is 10.4 Å². The first-order chi connectivity index (χ1) is 7.67. The number of aryl methyl sites for hydroxylation is 1. The van der Waals surface area contributed by atoms with Crippen LogP contribution in [0.5, 0.6) is 0 Å². The van der Waals surface area contributed by atoms with Crippen LogP contribution in [0.25, 0.3) is 0 Å². The van der Waals surface area contributed by atoms with Crippen LogP contribution in [0, 0.1) is 18.3 Å². The minimum atomic E-state index is -0.146. The molecule has 0 bridgehead atoms. The molecule has 16 heavy (non-hydrogen) atoms. The van der Waals surface area contributed by atoms with E-state index in [0.29, 0.717) is 17.7 Å². The van der Waals surface area contributed by atoms with Gasteiger partial charge in [0.15, 0.2) is 0 Å². The second-order valence-electron chi connectivity index (χ2n) is 3.52. The van der Waals surface area contributed by atoms with E-state index in [2.05, 4.69) is 5.32 Å². The highest BCUT2D eigenvalue weighted by molar-refractivity contribution is 5.91. The molecule has 0 spiro atoms. The maximum atomic E-state index is 11.4. The zero-order chi connectivity index (χ0) is 12.0. The summed E-state index contributed by atoms with van der Waals surface area (Å²) in [5, 5.41) is 20.0. The third kappa shape index (κ3) is 3.37. The predicted octanol–water partition coefficient (Wildman–Crippen LogP) is 1.58. The van der Waals surface area contributed by atoms with E-state index in [-0.39, 0.29) is 18.9 Å². The number of aliphatic hydroxyl groups is 1. The molecule has 2 N–H and O–H groups in total. The Kier molecular flexibility index (Phi) is 4.49. The summed E-state index contributed by atoms with van der Waals surface area (Å²) in [4.78, 5) is 11.4. The summed E-state index contributed by atoms with van der Waals surface area (Å²) >= 11 is 0. The summed E-state index contributed by atoms with van der Waals surface area (Å²) in [6, 6.07) is 7.16. The van der Waals surface area contributed by atoms with Gasteiger partial charge in [0.25, 0.3) is 0 Å². The molecular weight excluding hydrogens is 204 g/mol. The van der Waals surface area contributed by atoms with Crippen molar-refractivity contribution >= 4 is 11.6 Å². The van der Waals surface area contributed by atoms with E-state index in [9.17, 15) is 4.79 Å². The van der Waals surface area contributed by atoms with E-state index < -0.39 is 0 Å². The Hall–Kier alpha value is -1.86. The molecule has 0 unspecified atom stereocenters. The van der Waals surface area contributed by atoms with Crippen LogP contribution in [0.15, 0.2) is 18.2 Å². The van der Waals surface area contributed by atoms with Crippen LogP contribution in [-0.2, 0) is 4.79 Å². The fraction of sp³-hybridized carbons (Fsp3) is 0.333. The molecule has 1 amide bonds. The Bertz CT molecular complexity index is 422. The fourth-order valence-corrected chi connectivity index (χ4v) is 1.28. The molecule has 0 aromatic heterocycles. The van der Waals surface area contributed by atoms with Crippen LogP contribution in [0.2, 0.25) is 0 Å². The molecule has 0 aliphatic carbocycles. The summed E-state index contributed by atoms with van der Waals surface area (Å²) < 4.78 is 0. The molecule has 0 atom stereocenters. The molecule has 0 radical (unpaired) electrons. The molecular formula is C12H14N2O2. The standard InChI is InChI=1S/C12H14N2O2/c1-9-4-5-10(8-13)7-11(9)14-12(16)3-2-6-15/h4-5,7,15H,2-3,6H2,1H3,(H,14,16). The Morgan fingerprint density at radius 2 is 2.31 bits per heavy atom. The van der Waals surface area contributed by atoms with Gasteiger partial charge in [0.05, 0.1) is 11.6 Å². The average Bonchev–Trinajstić information content (AvgIpc) is 2.29. The van der Waals surface area contributed by atoms with Gasteiger partial charge in [-0.15, -0.1) is 0 Å². The van der Waals surface area contributed by atoms with Crippen LogP contribution in [0.4, 0.5) is 5.69 Å². The van der Waals surface area contributed by atoms with Crippen molar-refractivity contribution in [1.29, 1.82) is 5.26 Å². The van der Waals surface area contributed by atoms with Crippen molar-refractivity contribution in [2.75, 3.05) is 11.9 Å². The van der Waals surface area contributed by atoms with Crippen molar-refractivity contribution in [3.8, 4) is 6.07 Å². The first-order valence-electron chi connectivity index (χ1n) is 5.09. The lowest BCUT2D eigenvalue weighted by Gasteiger charge is -2.08. The van der Waals surface area contributed by atoms with Gasteiger partial charge in [-0.2, -0.15) is 5.26 Å². The number of aliphatic hydroxyl groups excluding tert-OH is 1. The van der Waals surface area contributed by atoms with Gasteiger partial charge in [0.1, 0.15) is 0 Å². The zero-order valence-corrected chi connectivity index (χ0v) is 9.16. The molecule has 0 aliphatic rings. The highest BCUT2D eigenvalue weighted by atomic mass is 16.3. The lowest BCUT2D eigenvalue weighted by molar-refractivity contribution is -0.116. The lowest BCUT2D eigenvalue weighted by atomic mass is 10.1. The fourth-order valence-electron chi connectivity index (χ4n) is 1.28. The minimum Gasteiger partial charge on any atom is -0.396 e. The Balaban J connectivity index is 2.73. The van der Waals surface area contributed by atoms with Gasteiger partial charge in [0.2, 0.25) is 5.91 Å². The summed E-state index contributed by atoms with van der Waals surface area (Å²) in [5.41, 5.74) is 2.08. The number of amides is 1. The predicted molar refractivity (Wildman–Crippen MR) is 60.8 cm³/mol. The maximum absolute atomic E-state index is 11.4. The first-order valence-corrected chi connectivity index (χ1v) is 5.09.